The van der Waals surface area contributed by atoms with E-state index in [-0.39, 0.29) is 22.5 Å². The van der Waals surface area contributed by atoms with Crippen LogP contribution in [-0.2, 0) is 10.0 Å². The zero-order valence-corrected chi connectivity index (χ0v) is 17.8. The maximum absolute atomic E-state index is 13.1. The molecule has 2 atom stereocenters. The third-order valence-corrected chi connectivity index (χ3v) is 7.89. The summed E-state index contributed by atoms with van der Waals surface area (Å²) in [4.78, 5) is 17.6. The van der Waals surface area contributed by atoms with Crippen LogP contribution in [0.3, 0.4) is 0 Å². The average molecular weight is 431 g/mol. The second kappa shape index (κ2) is 8.31. The average Bonchev–Trinajstić information content (AvgIpc) is 3.23. The summed E-state index contributed by atoms with van der Waals surface area (Å²) in [6.45, 7) is 3.61. The van der Waals surface area contributed by atoms with Gasteiger partial charge in [0.25, 0.3) is 5.69 Å². The van der Waals surface area contributed by atoms with Crippen LogP contribution in [0.1, 0.15) is 44.2 Å². The lowest BCUT2D eigenvalue weighted by Crippen LogP contribution is -2.39. The van der Waals surface area contributed by atoms with Gasteiger partial charge in [0.05, 0.1) is 15.9 Å². The first-order chi connectivity index (χ1) is 14.4. The van der Waals surface area contributed by atoms with Gasteiger partial charge in [-0.3, -0.25) is 15.1 Å². The van der Waals surface area contributed by atoms with E-state index < -0.39 is 14.9 Å². The summed E-state index contributed by atoms with van der Waals surface area (Å²) in [5, 5.41) is 11.9. The molecule has 9 heteroatoms. The number of pyridine rings is 1. The number of piperidine rings is 1. The smallest absolute Gasteiger partial charge is 0.293 e. The second-order valence-electron chi connectivity index (χ2n) is 8.16. The molecule has 2 unspecified atom stereocenters. The Bertz CT molecular complexity index is 1030. The molecule has 2 saturated heterocycles. The molecule has 1 aromatic carbocycles. The number of nitro groups is 1. The van der Waals surface area contributed by atoms with Crippen molar-refractivity contribution < 1.29 is 13.3 Å². The predicted molar refractivity (Wildman–Crippen MR) is 114 cm³/mol. The maximum Gasteiger partial charge on any atom is 0.293 e. The molecule has 0 spiro atoms. The molecule has 8 nitrogen and oxygen atoms in total. The van der Waals surface area contributed by atoms with Gasteiger partial charge in [-0.05, 0) is 55.4 Å². The normalized spacial score (nSPS) is 22.9. The molecule has 2 fully saturated rings. The summed E-state index contributed by atoms with van der Waals surface area (Å²) >= 11 is 0. The molecular weight excluding hydrogens is 404 g/mol. The Labute approximate surface area is 176 Å². The quantitative estimate of drug-likeness (QED) is 0.529. The van der Waals surface area contributed by atoms with Crippen LogP contribution < -0.4 is 4.90 Å². The lowest BCUT2D eigenvalue weighted by atomic mass is 10.0. The van der Waals surface area contributed by atoms with Gasteiger partial charge in [0, 0.05) is 38.1 Å². The van der Waals surface area contributed by atoms with Crippen LogP contribution in [0.2, 0.25) is 0 Å². The highest BCUT2D eigenvalue weighted by Gasteiger charge is 2.34. The van der Waals surface area contributed by atoms with E-state index in [4.69, 9.17) is 0 Å². The summed E-state index contributed by atoms with van der Waals surface area (Å²) in [6, 6.07) is 8.14. The van der Waals surface area contributed by atoms with Crippen LogP contribution in [0, 0.1) is 16.0 Å². The van der Waals surface area contributed by atoms with E-state index >= 15 is 0 Å². The fourth-order valence-corrected chi connectivity index (χ4v) is 6.16. The Kier molecular flexibility index (Phi) is 5.75. The van der Waals surface area contributed by atoms with E-state index in [0.29, 0.717) is 25.3 Å². The number of aromatic nitrogens is 1. The van der Waals surface area contributed by atoms with Crippen LogP contribution in [0.15, 0.2) is 47.6 Å². The molecule has 3 heterocycles. The predicted octanol–water partition coefficient (Wildman–Crippen LogP) is 3.75. The molecule has 2 aliphatic rings. The van der Waals surface area contributed by atoms with Gasteiger partial charge in [-0.1, -0.05) is 13.0 Å². The Hall–Kier alpha value is -2.52. The molecule has 1 aromatic heterocycles. The SMILES string of the molecule is CC1CCCN(S(=O)(=O)c2ccc(N3CCCC3c3cccnc3)c([N+](=O)[O-])c2)C1. The summed E-state index contributed by atoms with van der Waals surface area (Å²) in [6.07, 6.45) is 7.06. The zero-order valence-electron chi connectivity index (χ0n) is 17.0. The van der Waals surface area contributed by atoms with Crippen molar-refractivity contribution in [2.75, 3.05) is 24.5 Å². The standard InChI is InChI=1S/C21H26N4O4S/c1-16-5-3-11-23(15-16)30(28,29)18-8-9-20(21(13-18)25(26)27)24-12-4-7-19(24)17-6-2-10-22-14-17/h2,6,8-10,13-14,16,19H,3-5,7,11-12,15H2,1H3. The first-order valence-corrected chi connectivity index (χ1v) is 11.8. The van der Waals surface area contributed by atoms with E-state index in [1.54, 1.807) is 18.5 Å². The van der Waals surface area contributed by atoms with Crippen LogP contribution in [-0.4, -0.2) is 42.3 Å². The summed E-state index contributed by atoms with van der Waals surface area (Å²) < 4.78 is 27.7. The fraction of sp³-hybridized carbons (Fsp3) is 0.476. The Morgan fingerprint density at radius 2 is 1.97 bits per heavy atom. The summed E-state index contributed by atoms with van der Waals surface area (Å²) in [5.74, 6) is 0.285. The highest BCUT2D eigenvalue weighted by atomic mass is 32.2. The first kappa shape index (κ1) is 20.7. The Balaban J connectivity index is 1.70. The van der Waals surface area contributed by atoms with Crippen LogP contribution in [0.25, 0.3) is 0 Å². The molecule has 0 bridgehead atoms. The van der Waals surface area contributed by atoms with Crippen molar-refractivity contribution in [1.29, 1.82) is 0 Å². The van der Waals surface area contributed by atoms with Gasteiger partial charge >= 0.3 is 0 Å². The highest BCUT2D eigenvalue weighted by Crippen LogP contribution is 2.41. The number of sulfonamides is 1. The number of benzene rings is 1. The van der Waals surface area contributed by atoms with E-state index in [2.05, 4.69) is 4.98 Å². The molecule has 0 saturated carbocycles. The molecule has 0 aliphatic carbocycles. The number of hydrogen-bond donors (Lipinski definition) is 0. The molecule has 30 heavy (non-hydrogen) atoms. The molecule has 0 N–H and O–H groups in total. The minimum atomic E-state index is -3.76. The Morgan fingerprint density at radius 1 is 1.17 bits per heavy atom. The van der Waals surface area contributed by atoms with Crippen LogP contribution in [0.5, 0.6) is 0 Å². The summed E-state index contributed by atoms with van der Waals surface area (Å²) in [7, 11) is -3.76. The molecular formula is C21H26N4O4S. The maximum atomic E-state index is 13.1. The topological polar surface area (TPSA) is 96.7 Å². The van der Waals surface area contributed by atoms with E-state index in [9.17, 15) is 18.5 Å². The third kappa shape index (κ3) is 3.91. The largest absolute Gasteiger partial charge is 0.359 e. The molecule has 4 rings (SSSR count). The molecule has 0 radical (unpaired) electrons. The van der Waals surface area contributed by atoms with Crippen molar-refractivity contribution in [3.05, 3.63) is 58.4 Å². The van der Waals surface area contributed by atoms with Gasteiger partial charge in [0.15, 0.2) is 0 Å². The molecule has 160 valence electrons. The summed E-state index contributed by atoms with van der Waals surface area (Å²) in [5.41, 5.74) is 1.29. The lowest BCUT2D eigenvalue weighted by Gasteiger charge is -2.30. The van der Waals surface area contributed by atoms with Gasteiger partial charge in [-0.15, -0.1) is 0 Å². The van der Waals surface area contributed by atoms with Gasteiger partial charge in [-0.2, -0.15) is 4.31 Å². The number of nitrogens with zero attached hydrogens (tertiary/aromatic N) is 4. The van der Waals surface area contributed by atoms with Crippen molar-refractivity contribution in [1.82, 2.24) is 9.29 Å². The van der Waals surface area contributed by atoms with Crippen molar-refractivity contribution in [2.45, 2.75) is 43.5 Å². The molecule has 0 amide bonds. The van der Waals surface area contributed by atoms with E-state index in [1.165, 1.54) is 16.4 Å². The monoisotopic (exact) mass is 430 g/mol. The highest BCUT2D eigenvalue weighted by molar-refractivity contribution is 7.89. The van der Waals surface area contributed by atoms with E-state index in [1.807, 2.05) is 24.0 Å². The first-order valence-electron chi connectivity index (χ1n) is 10.3. The van der Waals surface area contributed by atoms with Gasteiger partial charge < -0.3 is 4.90 Å². The molecule has 2 aromatic rings. The lowest BCUT2D eigenvalue weighted by molar-refractivity contribution is -0.384. The number of hydrogen-bond acceptors (Lipinski definition) is 6. The zero-order chi connectivity index (χ0) is 21.3. The minimum Gasteiger partial charge on any atom is -0.359 e. The van der Waals surface area contributed by atoms with Crippen molar-refractivity contribution in [2.24, 2.45) is 5.92 Å². The van der Waals surface area contributed by atoms with E-state index in [0.717, 1.165) is 31.2 Å². The third-order valence-electron chi connectivity index (χ3n) is 6.03. The minimum absolute atomic E-state index is 0.0100. The fourth-order valence-electron chi connectivity index (χ4n) is 4.54. The van der Waals surface area contributed by atoms with Gasteiger partial charge in [0.1, 0.15) is 5.69 Å². The van der Waals surface area contributed by atoms with Crippen molar-refractivity contribution >= 4 is 21.4 Å². The van der Waals surface area contributed by atoms with Crippen molar-refractivity contribution in [3.8, 4) is 0 Å². The number of nitro benzene ring substituents is 1. The van der Waals surface area contributed by atoms with Gasteiger partial charge in [-0.25, -0.2) is 8.42 Å². The van der Waals surface area contributed by atoms with Gasteiger partial charge in [0.2, 0.25) is 10.0 Å². The van der Waals surface area contributed by atoms with Crippen molar-refractivity contribution in [3.63, 3.8) is 0 Å². The van der Waals surface area contributed by atoms with Crippen LogP contribution in [0.4, 0.5) is 11.4 Å². The number of anilines is 1. The number of rotatable bonds is 5. The Morgan fingerprint density at radius 3 is 2.67 bits per heavy atom. The second-order valence-corrected chi connectivity index (χ2v) is 10.1. The molecule has 2 aliphatic heterocycles. The van der Waals surface area contributed by atoms with Crippen LogP contribution >= 0.6 is 0 Å².